The molecule has 0 amide bonds. The van der Waals surface area contributed by atoms with Crippen LogP contribution in [0.15, 0.2) is 29.7 Å². The van der Waals surface area contributed by atoms with Crippen molar-refractivity contribution in [3.63, 3.8) is 0 Å². The van der Waals surface area contributed by atoms with Crippen LogP contribution in [-0.4, -0.2) is 42.0 Å². The highest BCUT2D eigenvalue weighted by Gasteiger charge is 2.35. The number of aliphatic hydroxyl groups excluding tert-OH is 1. The van der Waals surface area contributed by atoms with Gasteiger partial charge < -0.3 is 5.11 Å². The third kappa shape index (κ3) is 2.86. The van der Waals surface area contributed by atoms with E-state index in [2.05, 4.69) is 41.6 Å². The molecular weight excluding hydrogens is 330 g/mol. The number of thiophene rings is 1. The fourth-order valence-electron chi connectivity index (χ4n) is 4.31. The summed E-state index contributed by atoms with van der Waals surface area (Å²) in [4.78, 5) is 15.1. The Bertz CT molecular complexity index is 834. The number of aliphatic hydroxyl groups is 1. The van der Waals surface area contributed by atoms with Gasteiger partial charge >= 0.3 is 0 Å². The third-order valence-electron chi connectivity index (χ3n) is 5.90. The van der Waals surface area contributed by atoms with Crippen LogP contribution in [0.3, 0.4) is 0 Å². The normalized spacial score (nSPS) is 24.0. The van der Waals surface area contributed by atoms with Crippen molar-refractivity contribution in [2.45, 2.75) is 32.2 Å². The van der Waals surface area contributed by atoms with E-state index in [0.717, 1.165) is 19.4 Å². The minimum Gasteiger partial charge on any atom is -0.396 e. The minimum atomic E-state index is -0.0627. The number of hydrogen-bond donors (Lipinski definition) is 1. The first kappa shape index (κ1) is 17.0. The number of carbonyl (C=O) groups excluding carboxylic acids is 1. The van der Waals surface area contributed by atoms with Crippen molar-refractivity contribution in [2.75, 3.05) is 20.2 Å². The van der Waals surface area contributed by atoms with Gasteiger partial charge in [-0.05, 0) is 47.5 Å². The molecule has 1 aliphatic carbocycles. The van der Waals surface area contributed by atoms with Gasteiger partial charge in [0.25, 0.3) is 0 Å². The summed E-state index contributed by atoms with van der Waals surface area (Å²) < 4.78 is 1.34. The molecule has 0 saturated heterocycles. The van der Waals surface area contributed by atoms with E-state index in [1.54, 1.807) is 0 Å². The Labute approximate surface area is 153 Å². The average molecular weight is 356 g/mol. The largest absolute Gasteiger partial charge is 0.396 e. The summed E-state index contributed by atoms with van der Waals surface area (Å²) in [5, 5.41) is 13.1. The number of carbonyl (C=O) groups is 1. The van der Waals surface area contributed by atoms with Crippen molar-refractivity contribution in [1.29, 1.82) is 0 Å². The summed E-state index contributed by atoms with van der Waals surface area (Å²) in [6.07, 6.45) is 4.59. The fraction of sp³-hybridized carbons (Fsp3) is 0.476. The van der Waals surface area contributed by atoms with Gasteiger partial charge in [-0.2, -0.15) is 0 Å². The van der Waals surface area contributed by atoms with Crippen LogP contribution < -0.4 is 0 Å². The molecule has 1 aliphatic heterocycles. The lowest BCUT2D eigenvalue weighted by atomic mass is 9.78. The van der Waals surface area contributed by atoms with Gasteiger partial charge in [-0.1, -0.05) is 31.6 Å². The number of rotatable bonds is 5. The number of hydrogen-bond acceptors (Lipinski definition) is 4. The smallest absolute Gasteiger partial charge is 0.141 e. The molecule has 0 spiro atoms. The van der Waals surface area contributed by atoms with E-state index in [1.165, 1.54) is 26.8 Å². The van der Waals surface area contributed by atoms with E-state index in [4.69, 9.17) is 0 Å². The Morgan fingerprint density at radius 2 is 2.28 bits per heavy atom. The second-order valence-electron chi connectivity index (χ2n) is 7.45. The van der Waals surface area contributed by atoms with E-state index in [1.807, 2.05) is 18.3 Å². The van der Waals surface area contributed by atoms with Crippen LogP contribution in [0.2, 0.25) is 0 Å². The van der Waals surface area contributed by atoms with Gasteiger partial charge in [0.05, 0.1) is 0 Å². The standard InChI is InChI=1S/C21H25NO2S/c1-3-13(11-23)7-19(24)14-8-17-16-5-4-6-20-21(16)15(12-25-20)9-18(17)22(2)10-14/h4-6,8,12-14,18,23H,3,7,9-11H2,1-2H3. The Kier molecular flexibility index (Phi) is 4.52. The maximum atomic E-state index is 12.8. The van der Waals surface area contributed by atoms with E-state index >= 15 is 0 Å². The Hall–Kier alpha value is -1.49. The highest BCUT2D eigenvalue weighted by atomic mass is 32.1. The molecule has 25 heavy (non-hydrogen) atoms. The zero-order chi connectivity index (χ0) is 17.6. The summed E-state index contributed by atoms with van der Waals surface area (Å²) in [5.74, 6) is 0.293. The monoisotopic (exact) mass is 355 g/mol. The van der Waals surface area contributed by atoms with Crippen LogP contribution in [-0.2, 0) is 11.2 Å². The molecule has 0 bridgehead atoms. The highest BCUT2D eigenvalue weighted by Crippen LogP contribution is 2.43. The lowest BCUT2D eigenvalue weighted by Gasteiger charge is -2.39. The fourth-order valence-corrected chi connectivity index (χ4v) is 5.31. The molecule has 1 aromatic carbocycles. The predicted octanol–water partition coefficient (Wildman–Crippen LogP) is 3.75. The first-order valence-electron chi connectivity index (χ1n) is 9.17. The molecule has 2 heterocycles. The van der Waals surface area contributed by atoms with Crippen LogP contribution in [0.5, 0.6) is 0 Å². The molecule has 3 unspecified atom stereocenters. The van der Waals surface area contributed by atoms with Gasteiger partial charge in [0.2, 0.25) is 0 Å². The van der Waals surface area contributed by atoms with Gasteiger partial charge in [0.15, 0.2) is 0 Å². The topological polar surface area (TPSA) is 40.5 Å². The van der Waals surface area contributed by atoms with E-state index in [9.17, 15) is 9.90 Å². The number of Topliss-reactive ketones (excluding diaryl/α,β-unsaturated/α-hetero) is 1. The molecule has 4 heteroatoms. The molecule has 0 radical (unpaired) electrons. The van der Waals surface area contributed by atoms with Crippen molar-refractivity contribution in [3.05, 3.63) is 40.8 Å². The Morgan fingerprint density at radius 1 is 1.44 bits per heavy atom. The quantitative estimate of drug-likeness (QED) is 0.888. The van der Waals surface area contributed by atoms with E-state index < -0.39 is 0 Å². The number of nitrogens with zero attached hydrogens (tertiary/aromatic N) is 1. The molecule has 4 rings (SSSR count). The van der Waals surface area contributed by atoms with Crippen LogP contribution >= 0.6 is 11.3 Å². The van der Waals surface area contributed by atoms with E-state index in [0.29, 0.717) is 12.5 Å². The zero-order valence-corrected chi connectivity index (χ0v) is 15.7. The SMILES string of the molecule is CCC(CO)CC(=O)C1C=C2c3cccc4scc(c34)CC2N(C)C1. The maximum absolute atomic E-state index is 12.8. The summed E-state index contributed by atoms with van der Waals surface area (Å²) >= 11 is 1.82. The molecule has 1 aromatic heterocycles. The summed E-state index contributed by atoms with van der Waals surface area (Å²) in [6.45, 7) is 2.92. The molecule has 3 nitrogen and oxygen atoms in total. The number of ketones is 1. The van der Waals surface area contributed by atoms with Gasteiger partial charge in [0.1, 0.15) is 5.78 Å². The van der Waals surface area contributed by atoms with Crippen molar-refractivity contribution in [1.82, 2.24) is 4.90 Å². The summed E-state index contributed by atoms with van der Waals surface area (Å²) in [6, 6.07) is 6.90. The van der Waals surface area contributed by atoms with Gasteiger partial charge in [-0.15, -0.1) is 11.3 Å². The van der Waals surface area contributed by atoms with E-state index in [-0.39, 0.29) is 24.2 Å². The van der Waals surface area contributed by atoms with Crippen LogP contribution in [0, 0.1) is 11.8 Å². The Balaban J connectivity index is 1.71. The molecule has 3 atom stereocenters. The Morgan fingerprint density at radius 3 is 3.04 bits per heavy atom. The molecule has 0 fully saturated rings. The molecule has 132 valence electrons. The number of likely N-dealkylation sites (N-methyl/N-ethyl adjacent to an activating group) is 1. The van der Waals surface area contributed by atoms with Crippen molar-refractivity contribution < 1.29 is 9.90 Å². The van der Waals surface area contributed by atoms with Crippen LogP contribution in [0.4, 0.5) is 0 Å². The molecular formula is C21H25NO2S. The van der Waals surface area contributed by atoms with Gasteiger partial charge in [-0.3, -0.25) is 9.69 Å². The van der Waals surface area contributed by atoms with Gasteiger partial charge in [-0.25, -0.2) is 0 Å². The number of benzene rings is 1. The molecule has 2 aliphatic rings. The lowest BCUT2D eigenvalue weighted by Crippen LogP contribution is -2.44. The first-order valence-corrected chi connectivity index (χ1v) is 10.0. The maximum Gasteiger partial charge on any atom is 0.141 e. The second kappa shape index (κ2) is 6.67. The van der Waals surface area contributed by atoms with Crippen molar-refractivity contribution in [2.24, 2.45) is 11.8 Å². The summed E-state index contributed by atoms with van der Waals surface area (Å²) in [5.41, 5.74) is 4.07. The van der Waals surface area contributed by atoms with Crippen molar-refractivity contribution >= 4 is 32.8 Å². The third-order valence-corrected chi connectivity index (χ3v) is 6.89. The van der Waals surface area contributed by atoms with Crippen LogP contribution in [0.1, 0.15) is 30.9 Å². The highest BCUT2D eigenvalue weighted by molar-refractivity contribution is 7.17. The lowest BCUT2D eigenvalue weighted by molar-refractivity contribution is -0.123. The molecule has 0 saturated carbocycles. The predicted molar refractivity (Wildman–Crippen MR) is 104 cm³/mol. The average Bonchev–Trinajstić information content (AvgIpc) is 3.04. The second-order valence-corrected chi connectivity index (χ2v) is 8.37. The van der Waals surface area contributed by atoms with Gasteiger partial charge in [0, 0.05) is 41.6 Å². The zero-order valence-electron chi connectivity index (χ0n) is 14.9. The molecule has 1 N–H and O–H groups in total. The first-order chi connectivity index (χ1) is 12.1. The summed E-state index contributed by atoms with van der Waals surface area (Å²) in [7, 11) is 2.14. The van der Waals surface area contributed by atoms with Crippen molar-refractivity contribution in [3.8, 4) is 0 Å². The van der Waals surface area contributed by atoms with Crippen LogP contribution in [0.25, 0.3) is 15.7 Å². The number of fused-ring (bicyclic) bond motifs is 2. The minimum absolute atomic E-state index is 0.0627. The molecule has 2 aromatic rings.